The summed E-state index contributed by atoms with van der Waals surface area (Å²) in [6.07, 6.45) is -1.27. The number of carboxylic acid groups (broad SMARTS) is 1. The fourth-order valence-corrected chi connectivity index (χ4v) is 0.986. The van der Waals surface area contributed by atoms with E-state index in [1.165, 1.54) is 6.92 Å². The van der Waals surface area contributed by atoms with Gasteiger partial charge in [-0.1, -0.05) is 0 Å². The lowest BCUT2D eigenvalue weighted by Gasteiger charge is -2.03. The average Bonchev–Trinajstić information content (AvgIpc) is 2.12. The van der Waals surface area contributed by atoms with Crippen molar-refractivity contribution in [2.45, 2.75) is 13.5 Å². The lowest BCUT2D eigenvalue weighted by Crippen LogP contribution is -2.42. The molecule has 1 N–H and O–H groups in total. The molecule has 6 nitrogen and oxygen atoms in total. The molecule has 0 atom stereocenters. The molecule has 1 aromatic heterocycles. The fourth-order valence-electron chi connectivity index (χ4n) is 0.986. The van der Waals surface area contributed by atoms with Crippen molar-refractivity contribution in [3.05, 3.63) is 32.9 Å². The van der Waals surface area contributed by atoms with Gasteiger partial charge in [0.25, 0.3) is 5.56 Å². The van der Waals surface area contributed by atoms with Gasteiger partial charge in [0.2, 0.25) is 5.82 Å². The Balaban J connectivity index is 3.68. The van der Waals surface area contributed by atoms with Gasteiger partial charge >= 0.3 is 11.8 Å². The molecule has 1 heterocycles. The van der Waals surface area contributed by atoms with Gasteiger partial charge in [0.15, 0.2) is 0 Å². The monoisotopic (exact) mass is 202 g/mol. The highest BCUT2D eigenvalue weighted by Gasteiger charge is 2.13. The van der Waals surface area contributed by atoms with Gasteiger partial charge in [0.1, 0.15) is 0 Å². The Morgan fingerprint density at radius 3 is 2.57 bits per heavy atom. The van der Waals surface area contributed by atoms with E-state index in [1.807, 2.05) is 0 Å². The highest BCUT2D eigenvalue weighted by molar-refractivity contribution is 5.67. The maximum absolute atomic E-state index is 12.8. The highest BCUT2D eigenvalue weighted by atomic mass is 19.1. The first-order valence-electron chi connectivity index (χ1n) is 3.74. The molecule has 0 radical (unpaired) electrons. The van der Waals surface area contributed by atoms with Crippen LogP contribution in [0.1, 0.15) is 6.92 Å². The van der Waals surface area contributed by atoms with Gasteiger partial charge in [0, 0.05) is 6.54 Å². The minimum absolute atomic E-state index is 0.0806. The number of hydrogen-bond acceptors (Lipinski definition) is 3. The molecule has 0 spiro atoms. The van der Waals surface area contributed by atoms with Gasteiger partial charge in [-0.3, -0.25) is 9.36 Å². The van der Waals surface area contributed by atoms with Crippen molar-refractivity contribution < 1.29 is 14.3 Å². The predicted molar refractivity (Wildman–Crippen MR) is 44.0 cm³/mol. The molecule has 1 rings (SSSR count). The van der Waals surface area contributed by atoms with Crippen LogP contribution in [-0.4, -0.2) is 20.3 Å². The summed E-state index contributed by atoms with van der Waals surface area (Å²) < 4.78 is 13.4. The normalized spacial score (nSPS) is 10.1. The van der Waals surface area contributed by atoms with Crippen LogP contribution in [0.5, 0.6) is 0 Å². The van der Waals surface area contributed by atoms with Crippen molar-refractivity contribution in [1.82, 2.24) is 9.13 Å². The van der Waals surface area contributed by atoms with E-state index in [4.69, 9.17) is 5.11 Å². The molecule has 7 heteroatoms. The van der Waals surface area contributed by atoms with Crippen LogP contribution in [0.4, 0.5) is 9.18 Å². The molecule has 0 bridgehead atoms. The van der Waals surface area contributed by atoms with Crippen LogP contribution in [0.3, 0.4) is 0 Å². The van der Waals surface area contributed by atoms with Gasteiger partial charge in [-0.25, -0.2) is 14.2 Å². The minimum Gasteiger partial charge on any atom is -0.464 e. The van der Waals surface area contributed by atoms with Crippen LogP contribution in [0.15, 0.2) is 15.8 Å². The highest BCUT2D eigenvalue weighted by Crippen LogP contribution is 1.86. The second-order valence-corrected chi connectivity index (χ2v) is 2.46. The van der Waals surface area contributed by atoms with Crippen LogP contribution in [-0.2, 0) is 6.54 Å². The Morgan fingerprint density at radius 1 is 1.57 bits per heavy atom. The predicted octanol–water partition coefficient (Wildman–Crippen LogP) is -0.305. The first-order valence-corrected chi connectivity index (χ1v) is 3.74. The number of rotatable bonds is 1. The van der Waals surface area contributed by atoms with Crippen LogP contribution in [0, 0.1) is 5.82 Å². The molecule has 14 heavy (non-hydrogen) atoms. The van der Waals surface area contributed by atoms with E-state index in [2.05, 4.69) is 0 Å². The summed E-state index contributed by atoms with van der Waals surface area (Å²) in [7, 11) is 0. The van der Waals surface area contributed by atoms with Gasteiger partial charge in [-0.2, -0.15) is 4.39 Å². The first-order chi connectivity index (χ1) is 6.49. The topological polar surface area (TPSA) is 81.3 Å². The summed E-state index contributed by atoms with van der Waals surface area (Å²) in [4.78, 5) is 32.6. The minimum atomic E-state index is -1.63. The molecular weight excluding hydrogens is 195 g/mol. The SMILES string of the molecule is CCn1c(=O)c(F)cn(C(=O)O)c1=O. The molecule has 0 saturated carbocycles. The summed E-state index contributed by atoms with van der Waals surface area (Å²) in [6, 6.07) is 0. The van der Waals surface area contributed by atoms with Crippen LogP contribution >= 0.6 is 0 Å². The first kappa shape index (κ1) is 10.2. The zero-order valence-electron chi connectivity index (χ0n) is 7.23. The molecule has 0 saturated heterocycles. The Kier molecular flexibility index (Phi) is 2.50. The van der Waals surface area contributed by atoms with E-state index in [0.717, 1.165) is 0 Å². The third-order valence-corrected chi connectivity index (χ3v) is 1.65. The molecule has 0 amide bonds. The summed E-state index contributed by atoms with van der Waals surface area (Å²) in [6.45, 7) is 1.36. The fraction of sp³-hybridized carbons (Fsp3) is 0.286. The van der Waals surface area contributed by atoms with Crippen molar-refractivity contribution in [2.24, 2.45) is 0 Å². The summed E-state index contributed by atoms with van der Waals surface area (Å²) in [5.41, 5.74) is -2.18. The van der Waals surface area contributed by atoms with Crippen molar-refractivity contribution in [3.63, 3.8) is 0 Å². The van der Waals surface area contributed by atoms with Gasteiger partial charge in [0.05, 0.1) is 6.20 Å². The lowest BCUT2D eigenvalue weighted by molar-refractivity contribution is 0.193. The molecule has 76 valence electrons. The molecule has 1 aromatic rings. The van der Waals surface area contributed by atoms with Crippen LogP contribution in [0.2, 0.25) is 0 Å². The van der Waals surface area contributed by atoms with E-state index >= 15 is 0 Å². The molecule has 0 aliphatic rings. The largest absolute Gasteiger partial charge is 0.464 e. The van der Waals surface area contributed by atoms with E-state index < -0.39 is 23.2 Å². The second-order valence-electron chi connectivity index (χ2n) is 2.46. The van der Waals surface area contributed by atoms with Crippen molar-refractivity contribution in [2.75, 3.05) is 0 Å². The Labute approximate surface area is 76.8 Å². The molecule has 0 unspecified atom stereocenters. The average molecular weight is 202 g/mol. The zero-order chi connectivity index (χ0) is 10.9. The molecule has 0 aliphatic heterocycles. The number of carbonyl (C=O) groups is 1. The van der Waals surface area contributed by atoms with Crippen LogP contribution < -0.4 is 11.2 Å². The van der Waals surface area contributed by atoms with Gasteiger partial charge in [-0.15, -0.1) is 0 Å². The third-order valence-electron chi connectivity index (χ3n) is 1.65. The molecule has 0 fully saturated rings. The van der Waals surface area contributed by atoms with Crippen LogP contribution in [0.25, 0.3) is 0 Å². The number of nitrogens with zero attached hydrogens (tertiary/aromatic N) is 2. The molecule has 0 aliphatic carbocycles. The summed E-state index contributed by atoms with van der Waals surface area (Å²) in [5, 5.41) is 8.48. The van der Waals surface area contributed by atoms with E-state index in [-0.39, 0.29) is 11.1 Å². The number of halogens is 1. The van der Waals surface area contributed by atoms with Crippen molar-refractivity contribution >= 4 is 6.09 Å². The number of aromatic nitrogens is 2. The Bertz CT molecular complexity index is 487. The smallest absolute Gasteiger partial charge is 0.419 e. The lowest BCUT2D eigenvalue weighted by atomic mass is 10.5. The van der Waals surface area contributed by atoms with Crippen molar-refractivity contribution in [1.29, 1.82) is 0 Å². The quantitative estimate of drug-likeness (QED) is 0.677. The summed E-state index contributed by atoms with van der Waals surface area (Å²) >= 11 is 0. The Morgan fingerprint density at radius 2 is 2.14 bits per heavy atom. The summed E-state index contributed by atoms with van der Waals surface area (Å²) in [5.74, 6) is -1.27. The van der Waals surface area contributed by atoms with E-state index in [1.54, 1.807) is 0 Å². The third kappa shape index (κ3) is 1.43. The Hall–Kier alpha value is -1.92. The van der Waals surface area contributed by atoms with E-state index in [9.17, 15) is 18.8 Å². The standard InChI is InChI=1S/C7H7FN2O4/c1-2-9-5(11)4(8)3-10(6(9)12)7(13)14/h3H,2H2,1H3,(H,13,14). The van der Waals surface area contributed by atoms with Crippen molar-refractivity contribution in [3.8, 4) is 0 Å². The maximum Gasteiger partial charge on any atom is 0.419 e. The van der Waals surface area contributed by atoms with E-state index in [0.29, 0.717) is 10.8 Å². The van der Waals surface area contributed by atoms with Gasteiger partial charge < -0.3 is 5.11 Å². The molecule has 0 aromatic carbocycles. The number of hydrogen-bond donors (Lipinski definition) is 1. The molecular formula is C7H7FN2O4. The maximum atomic E-state index is 12.8. The second kappa shape index (κ2) is 3.44. The van der Waals surface area contributed by atoms with Gasteiger partial charge in [-0.05, 0) is 6.92 Å². The zero-order valence-corrected chi connectivity index (χ0v) is 7.23.